The monoisotopic (exact) mass is 252 g/mol. The first kappa shape index (κ1) is 13.5. The molecule has 0 aliphatic rings. The highest BCUT2D eigenvalue weighted by molar-refractivity contribution is 6.18. The van der Waals surface area contributed by atoms with Gasteiger partial charge < -0.3 is 4.74 Å². The van der Waals surface area contributed by atoms with Crippen LogP contribution in [0, 0.1) is 0 Å². The molecule has 0 amide bonds. The molecule has 0 radical (unpaired) electrons. The summed E-state index contributed by atoms with van der Waals surface area (Å²) in [6.07, 6.45) is 2.01. The van der Waals surface area contributed by atoms with E-state index in [1.165, 1.54) is 13.0 Å². The molecule has 0 spiro atoms. The average Bonchev–Trinajstić information content (AvgIpc) is 2.34. The zero-order valence-corrected chi connectivity index (χ0v) is 10.2. The van der Waals surface area contributed by atoms with Gasteiger partial charge in [-0.2, -0.15) is 0 Å². The van der Waals surface area contributed by atoms with Crippen molar-refractivity contribution in [2.24, 2.45) is 0 Å². The van der Waals surface area contributed by atoms with Crippen LogP contribution in [0.3, 0.4) is 0 Å². The predicted molar refractivity (Wildman–Crippen MR) is 66.0 cm³/mol. The van der Waals surface area contributed by atoms with Crippen molar-refractivity contribution < 1.29 is 14.3 Å². The molecule has 0 atom stereocenters. The Bertz CT molecular complexity index is 424. The van der Waals surface area contributed by atoms with Crippen LogP contribution in [0.4, 0.5) is 0 Å². The topological polar surface area (TPSA) is 43.4 Å². The van der Waals surface area contributed by atoms with Crippen LogP contribution >= 0.6 is 11.6 Å². The highest BCUT2D eigenvalue weighted by Gasteiger charge is 2.14. The molecule has 0 bridgehead atoms. The van der Waals surface area contributed by atoms with Gasteiger partial charge in [-0.15, -0.1) is 11.6 Å². The third kappa shape index (κ3) is 4.41. The third-order valence-electron chi connectivity index (χ3n) is 1.95. The fourth-order valence-corrected chi connectivity index (χ4v) is 1.36. The molecule has 1 aromatic rings. The fraction of sp³-hybridized carbons (Fsp3) is 0.231. The van der Waals surface area contributed by atoms with Gasteiger partial charge in [0.25, 0.3) is 0 Å². The number of rotatable bonds is 5. The Morgan fingerprint density at radius 1 is 1.29 bits per heavy atom. The second-order valence-corrected chi connectivity index (χ2v) is 3.71. The summed E-state index contributed by atoms with van der Waals surface area (Å²) < 4.78 is 4.88. The maximum atomic E-state index is 12.0. The summed E-state index contributed by atoms with van der Waals surface area (Å²) in [6.45, 7) is 1.26. The van der Waals surface area contributed by atoms with Crippen LogP contribution in [0.15, 0.2) is 42.2 Å². The fourth-order valence-electron chi connectivity index (χ4n) is 1.25. The molecule has 17 heavy (non-hydrogen) atoms. The number of carbonyl (C=O) groups excluding carboxylic acids is 2. The van der Waals surface area contributed by atoms with Crippen LogP contribution in [0.2, 0.25) is 0 Å². The van der Waals surface area contributed by atoms with Gasteiger partial charge in [-0.1, -0.05) is 30.3 Å². The summed E-state index contributed by atoms with van der Waals surface area (Å²) in [4.78, 5) is 22.9. The summed E-state index contributed by atoms with van der Waals surface area (Å²) in [7, 11) is 0. The molecule has 1 aromatic carbocycles. The molecule has 0 fully saturated rings. The van der Waals surface area contributed by atoms with Crippen molar-refractivity contribution >= 4 is 23.4 Å². The Hall–Kier alpha value is -1.61. The molecule has 0 N–H and O–H groups in total. The van der Waals surface area contributed by atoms with E-state index in [9.17, 15) is 9.59 Å². The van der Waals surface area contributed by atoms with E-state index in [4.69, 9.17) is 16.3 Å². The zero-order valence-electron chi connectivity index (χ0n) is 9.48. The summed E-state index contributed by atoms with van der Waals surface area (Å²) in [6, 6.07) is 8.64. The zero-order chi connectivity index (χ0) is 12.7. The van der Waals surface area contributed by atoms with Gasteiger partial charge >= 0.3 is 5.97 Å². The van der Waals surface area contributed by atoms with E-state index in [2.05, 4.69) is 0 Å². The maximum absolute atomic E-state index is 12.0. The Morgan fingerprint density at radius 3 is 2.47 bits per heavy atom. The SMILES string of the molecule is CC(=O)O/C(=C/CCCl)C(=O)c1ccccc1. The maximum Gasteiger partial charge on any atom is 0.308 e. The van der Waals surface area contributed by atoms with Gasteiger partial charge in [0.1, 0.15) is 0 Å². The number of ether oxygens (including phenoxy) is 1. The Labute approximate surface area is 105 Å². The number of benzene rings is 1. The summed E-state index contributed by atoms with van der Waals surface area (Å²) in [5.74, 6) is -0.433. The first-order chi connectivity index (χ1) is 8.15. The smallest absolute Gasteiger partial charge is 0.308 e. The Balaban J connectivity index is 2.91. The van der Waals surface area contributed by atoms with Crippen molar-refractivity contribution in [3.05, 3.63) is 47.7 Å². The molecule has 0 saturated carbocycles. The van der Waals surface area contributed by atoms with E-state index in [0.717, 1.165) is 0 Å². The van der Waals surface area contributed by atoms with E-state index in [-0.39, 0.29) is 11.5 Å². The van der Waals surface area contributed by atoms with Crippen molar-refractivity contribution in [1.82, 2.24) is 0 Å². The number of hydrogen-bond donors (Lipinski definition) is 0. The van der Waals surface area contributed by atoms with Crippen LogP contribution in [0.5, 0.6) is 0 Å². The van der Waals surface area contributed by atoms with E-state index in [1.54, 1.807) is 24.3 Å². The normalized spacial score (nSPS) is 11.1. The van der Waals surface area contributed by atoms with Crippen molar-refractivity contribution in [2.45, 2.75) is 13.3 Å². The van der Waals surface area contributed by atoms with Crippen molar-refractivity contribution in [1.29, 1.82) is 0 Å². The van der Waals surface area contributed by atoms with Gasteiger partial charge in [-0.3, -0.25) is 9.59 Å². The van der Waals surface area contributed by atoms with Crippen LogP contribution < -0.4 is 0 Å². The van der Waals surface area contributed by atoms with Gasteiger partial charge in [0.15, 0.2) is 5.76 Å². The minimum atomic E-state index is -0.518. The molecule has 3 nitrogen and oxygen atoms in total. The van der Waals surface area contributed by atoms with Crippen LogP contribution in [0.25, 0.3) is 0 Å². The van der Waals surface area contributed by atoms with E-state index >= 15 is 0 Å². The number of Topliss-reactive ketones (excluding diaryl/α,β-unsaturated/α-hetero) is 1. The van der Waals surface area contributed by atoms with Crippen molar-refractivity contribution in [3.63, 3.8) is 0 Å². The second kappa shape index (κ2) is 6.86. The van der Waals surface area contributed by atoms with Gasteiger partial charge in [0.05, 0.1) is 0 Å². The highest BCUT2D eigenvalue weighted by Crippen LogP contribution is 2.11. The standard InChI is InChI=1S/C13H13ClO3/c1-10(15)17-12(8-5-9-14)13(16)11-6-3-2-4-7-11/h2-4,6-8H,5,9H2,1H3/b12-8+. The molecule has 0 aromatic heterocycles. The lowest BCUT2D eigenvalue weighted by Crippen LogP contribution is -2.10. The number of halogens is 1. The lowest BCUT2D eigenvalue weighted by Gasteiger charge is -2.05. The molecule has 0 heterocycles. The second-order valence-electron chi connectivity index (χ2n) is 3.33. The van der Waals surface area contributed by atoms with E-state index in [0.29, 0.717) is 17.9 Å². The number of esters is 1. The lowest BCUT2D eigenvalue weighted by molar-refractivity contribution is -0.136. The largest absolute Gasteiger partial charge is 0.423 e. The predicted octanol–water partition coefficient (Wildman–Crippen LogP) is 2.95. The molecule has 0 unspecified atom stereocenters. The highest BCUT2D eigenvalue weighted by atomic mass is 35.5. The summed E-state index contributed by atoms with van der Waals surface area (Å²) >= 11 is 5.54. The van der Waals surface area contributed by atoms with Gasteiger partial charge in [-0.25, -0.2) is 0 Å². The number of hydrogen-bond acceptors (Lipinski definition) is 3. The quantitative estimate of drug-likeness (QED) is 0.266. The summed E-state index contributed by atoms with van der Waals surface area (Å²) in [5.41, 5.74) is 0.481. The number of carbonyl (C=O) groups is 2. The Kier molecular flexibility index (Phi) is 5.43. The first-order valence-corrected chi connectivity index (χ1v) is 5.73. The number of allylic oxidation sites excluding steroid dienone is 2. The number of alkyl halides is 1. The molecular weight excluding hydrogens is 240 g/mol. The Morgan fingerprint density at radius 2 is 1.94 bits per heavy atom. The van der Waals surface area contributed by atoms with Crippen LogP contribution in [-0.4, -0.2) is 17.6 Å². The molecule has 0 saturated heterocycles. The molecule has 4 heteroatoms. The van der Waals surface area contributed by atoms with Gasteiger partial charge in [-0.05, 0) is 12.5 Å². The molecule has 1 rings (SSSR count). The summed E-state index contributed by atoms with van der Waals surface area (Å²) in [5, 5.41) is 0. The van der Waals surface area contributed by atoms with Crippen LogP contribution in [-0.2, 0) is 9.53 Å². The number of ketones is 1. The van der Waals surface area contributed by atoms with E-state index in [1.807, 2.05) is 6.07 Å². The van der Waals surface area contributed by atoms with Crippen molar-refractivity contribution in [3.8, 4) is 0 Å². The minimum Gasteiger partial charge on any atom is -0.423 e. The molecule has 0 aliphatic carbocycles. The van der Waals surface area contributed by atoms with Gasteiger partial charge in [0.2, 0.25) is 5.78 Å². The molecule has 0 aliphatic heterocycles. The molecular formula is C13H13ClO3. The molecule has 90 valence electrons. The average molecular weight is 253 g/mol. The first-order valence-electron chi connectivity index (χ1n) is 5.19. The minimum absolute atomic E-state index is 0.0318. The van der Waals surface area contributed by atoms with Crippen LogP contribution in [0.1, 0.15) is 23.7 Å². The third-order valence-corrected chi connectivity index (χ3v) is 2.17. The lowest BCUT2D eigenvalue weighted by atomic mass is 10.1. The van der Waals surface area contributed by atoms with Gasteiger partial charge in [0, 0.05) is 18.4 Å². The van der Waals surface area contributed by atoms with Crippen molar-refractivity contribution in [2.75, 3.05) is 5.88 Å². The van der Waals surface area contributed by atoms with E-state index < -0.39 is 5.97 Å².